The Morgan fingerprint density at radius 1 is 1.02 bits per heavy atom. The average Bonchev–Trinajstić information content (AvgIpc) is 3.01. The van der Waals surface area contributed by atoms with Crippen molar-refractivity contribution in [3.63, 3.8) is 0 Å². The van der Waals surface area contributed by atoms with Gasteiger partial charge in [0.2, 0.25) is 5.91 Å². The number of carboxylic acid groups (broad SMARTS) is 1. The molecule has 3 amide bonds. The fraction of sp³-hybridized carbons (Fsp3) is 0.531. The van der Waals surface area contributed by atoms with E-state index in [2.05, 4.69) is 20.8 Å². The number of ether oxygens (including phenoxy) is 2. The number of rotatable bonds is 11. The van der Waals surface area contributed by atoms with Crippen LogP contribution in [0.1, 0.15) is 39.2 Å². The van der Waals surface area contributed by atoms with Gasteiger partial charge in [-0.15, -0.1) is 0 Å². The van der Waals surface area contributed by atoms with E-state index in [9.17, 15) is 19.5 Å². The lowest BCUT2D eigenvalue weighted by atomic mass is 9.95. The summed E-state index contributed by atoms with van der Waals surface area (Å²) in [6, 6.07) is 15.7. The van der Waals surface area contributed by atoms with Crippen molar-refractivity contribution in [1.29, 1.82) is 0 Å². The largest absolute Gasteiger partial charge is 0.478 e. The third kappa shape index (κ3) is 8.86. The van der Waals surface area contributed by atoms with E-state index in [4.69, 9.17) is 9.47 Å². The van der Waals surface area contributed by atoms with E-state index in [0.717, 1.165) is 35.1 Å². The Hall–Kier alpha value is -3.31. The van der Waals surface area contributed by atoms with E-state index in [1.54, 1.807) is 18.7 Å². The molecule has 0 aromatic heterocycles. The van der Waals surface area contributed by atoms with Gasteiger partial charge in [0.05, 0.1) is 12.5 Å². The molecule has 0 aliphatic carbocycles. The van der Waals surface area contributed by atoms with Gasteiger partial charge < -0.3 is 34.2 Å². The van der Waals surface area contributed by atoms with Crippen molar-refractivity contribution in [3.05, 3.63) is 58.6 Å². The van der Waals surface area contributed by atoms with Crippen LogP contribution in [-0.4, -0.2) is 102 Å². The highest BCUT2D eigenvalue weighted by Gasteiger charge is 2.37. The molecule has 0 unspecified atom stereocenters. The Morgan fingerprint density at radius 2 is 1.72 bits per heavy atom. The first kappa shape index (κ1) is 32.6. The summed E-state index contributed by atoms with van der Waals surface area (Å²) in [6.45, 7) is 10.3. The third-order valence-corrected chi connectivity index (χ3v) is 8.52. The maximum absolute atomic E-state index is 13.8. The number of piperidine rings is 1. The number of halogens is 1. The second-order valence-electron chi connectivity index (χ2n) is 11.5. The van der Waals surface area contributed by atoms with Crippen LogP contribution in [0.5, 0.6) is 5.75 Å². The Kier molecular flexibility index (Phi) is 11.3. The van der Waals surface area contributed by atoms with Gasteiger partial charge in [-0.25, -0.2) is 4.79 Å². The number of carbonyl (C=O) groups is 3. The van der Waals surface area contributed by atoms with Gasteiger partial charge in [0.1, 0.15) is 5.75 Å². The summed E-state index contributed by atoms with van der Waals surface area (Å²) < 4.78 is 12.8. The maximum Gasteiger partial charge on any atom is 0.407 e. The molecular formula is C32H43BrN4O6. The molecule has 10 nitrogen and oxygen atoms in total. The monoisotopic (exact) mass is 658 g/mol. The van der Waals surface area contributed by atoms with Crippen molar-refractivity contribution in [3.8, 4) is 5.75 Å². The van der Waals surface area contributed by atoms with Gasteiger partial charge in [0.25, 0.3) is 5.91 Å². The standard InChI is InChI=1S/C32H43BrN4O6/c1-4-42-20-19-37(22-24-10-12-26(33)13-11-24)29(38)25-7-6-14-36(23-25)27-8-5-9-28(21-27)43-32(2,3)30(39)34-15-17-35(18-16-34)31(40)41/h5,8-13,21,25H,4,6-7,14-20,22-23H2,1-3H3,(H,40,41)/t25-/m0/s1. The molecule has 43 heavy (non-hydrogen) atoms. The van der Waals surface area contributed by atoms with Crippen LogP contribution in [0, 0.1) is 5.92 Å². The molecule has 0 saturated carbocycles. The summed E-state index contributed by atoms with van der Waals surface area (Å²) in [6.07, 6.45) is 0.753. The van der Waals surface area contributed by atoms with Crippen molar-refractivity contribution in [1.82, 2.24) is 14.7 Å². The Balaban J connectivity index is 1.40. The van der Waals surface area contributed by atoms with Gasteiger partial charge in [0, 0.05) is 75.2 Å². The third-order valence-electron chi connectivity index (χ3n) is 7.99. The van der Waals surface area contributed by atoms with Crippen molar-refractivity contribution >= 4 is 39.5 Å². The zero-order valence-corrected chi connectivity index (χ0v) is 26.9. The number of anilines is 1. The highest BCUT2D eigenvalue weighted by atomic mass is 79.9. The zero-order chi connectivity index (χ0) is 31.0. The zero-order valence-electron chi connectivity index (χ0n) is 25.3. The van der Waals surface area contributed by atoms with Crippen LogP contribution in [-0.2, 0) is 20.9 Å². The molecule has 1 atom stereocenters. The maximum atomic E-state index is 13.8. The number of carbonyl (C=O) groups excluding carboxylic acids is 2. The van der Waals surface area contributed by atoms with Crippen LogP contribution >= 0.6 is 15.9 Å². The smallest absolute Gasteiger partial charge is 0.407 e. The van der Waals surface area contributed by atoms with Gasteiger partial charge in [0.15, 0.2) is 5.60 Å². The summed E-state index contributed by atoms with van der Waals surface area (Å²) in [5.74, 6) is 0.388. The first-order valence-corrected chi connectivity index (χ1v) is 15.8. The van der Waals surface area contributed by atoms with Gasteiger partial charge in [-0.1, -0.05) is 34.1 Å². The second kappa shape index (κ2) is 14.9. The molecular weight excluding hydrogens is 616 g/mol. The second-order valence-corrected chi connectivity index (χ2v) is 12.5. The first-order chi connectivity index (χ1) is 20.6. The van der Waals surface area contributed by atoms with Gasteiger partial charge in [-0.2, -0.15) is 0 Å². The van der Waals surface area contributed by atoms with E-state index in [1.165, 1.54) is 4.90 Å². The molecule has 2 heterocycles. The topological polar surface area (TPSA) is 103 Å². The first-order valence-electron chi connectivity index (χ1n) is 15.0. The molecule has 2 fully saturated rings. The average molecular weight is 660 g/mol. The molecule has 1 N–H and O–H groups in total. The van der Waals surface area contributed by atoms with E-state index in [1.807, 2.05) is 60.4 Å². The molecule has 2 saturated heterocycles. The highest BCUT2D eigenvalue weighted by Crippen LogP contribution is 2.30. The normalized spacial score (nSPS) is 17.5. The molecule has 4 rings (SSSR count). The summed E-state index contributed by atoms with van der Waals surface area (Å²) in [5, 5.41) is 9.20. The van der Waals surface area contributed by atoms with Crippen LogP contribution in [0.4, 0.5) is 10.5 Å². The van der Waals surface area contributed by atoms with E-state index < -0.39 is 11.7 Å². The number of nitrogens with zero attached hydrogens (tertiary/aromatic N) is 4. The summed E-state index contributed by atoms with van der Waals surface area (Å²) in [4.78, 5) is 45.4. The molecule has 2 aliphatic rings. The van der Waals surface area contributed by atoms with Crippen LogP contribution in [0.15, 0.2) is 53.0 Å². The van der Waals surface area contributed by atoms with Crippen molar-refractivity contribution in [2.75, 3.05) is 63.9 Å². The minimum absolute atomic E-state index is 0.134. The molecule has 2 aliphatic heterocycles. The summed E-state index contributed by atoms with van der Waals surface area (Å²) >= 11 is 3.48. The number of hydrogen-bond acceptors (Lipinski definition) is 6. The molecule has 2 aromatic carbocycles. The van der Waals surface area contributed by atoms with Gasteiger partial charge in [-0.3, -0.25) is 9.59 Å². The van der Waals surface area contributed by atoms with Crippen molar-refractivity contribution in [2.24, 2.45) is 5.92 Å². The van der Waals surface area contributed by atoms with Crippen LogP contribution in [0.25, 0.3) is 0 Å². The highest BCUT2D eigenvalue weighted by molar-refractivity contribution is 9.10. The number of benzene rings is 2. The fourth-order valence-electron chi connectivity index (χ4n) is 5.63. The predicted octanol–water partition coefficient (Wildman–Crippen LogP) is 4.71. The molecule has 0 bridgehead atoms. The molecule has 234 valence electrons. The van der Waals surface area contributed by atoms with Crippen LogP contribution in [0.3, 0.4) is 0 Å². The molecule has 11 heteroatoms. The minimum atomic E-state index is -1.13. The summed E-state index contributed by atoms with van der Waals surface area (Å²) in [7, 11) is 0. The van der Waals surface area contributed by atoms with Gasteiger partial charge in [-0.05, 0) is 63.4 Å². The number of hydrogen-bond donors (Lipinski definition) is 1. The van der Waals surface area contributed by atoms with Crippen molar-refractivity contribution in [2.45, 2.75) is 45.8 Å². The predicted molar refractivity (Wildman–Crippen MR) is 168 cm³/mol. The minimum Gasteiger partial charge on any atom is -0.478 e. The SMILES string of the molecule is CCOCCN(Cc1ccc(Br)cc1)C(=O)[C@H]1CCCN(c2cccc(OC(C)(C)C(=O)N3CCN(C(=O)O)CC3)c2)C1. The Labute approximate surface area is 262 Å². The lowest BCUT2D eigenvalue weighted by Gasteiger charge is -2.38. The van der Waals surface area contributed by atoms with E-state index >= 15 is 0 Å². The van der Waals surface area contributed by atoms with Crippen LogP contribution in [0.2, 0.25) is 0 Å². The van der Waals surface area contributed by atoms with E-state index in [-0.39, 0.29) is 30.8 Å². The number of piperazine rings is 1. The van der Waals surface area contributed by atoms with Crippen molar-refractivity contribution < 1.29 is 29.0 Å². The lowest BCUT2D eigenvalue weighted by molar-refractivity contribution is -0.147. The Bertz CT molecular complexity index is 1250. The van der Waals surface area contributed by atoms with Gasteiger partial charge >= 0.3 is 6.09 Å². The fourth-order valence-corrected chi connectivity index (χ4v) is 5.90. The molecule has 0 radical (unpaired) electrons. The molecule has 2 aromatic rings. The summed E-state index contributed by atoms with van der Waals surface area (Å²) in [5.41, 5.74) is 0.895. The van der Waals surface area contributed by atoms with E-state index in [0.29, 0.717) is 51.7 Å². The molecule has 0 spiro atoms. The lowest BCUT2D eigenvalue weighted by Crippen LogP contribution is -2.56. The quantitative estimate of drug-likeness (QED) is 0.349. The van der Waals surface area contributed by atoms with Crippen LogP contribution < -0.4 is 9.64 Å². The Morgan fingerprint density at radius 3 is 2.40 bits per heavy atom. The number of amides is 3.